The number of nitrogens with one attached hydrogen (secondary N) is 2. The van der Waals surface area contributed by atoms with Gasteiger partial charge in [0.25, 0.3) is 15.9 Å². The highest BCUT2D eigenvalue weighted by atomic mass is 32.2. The Kier molecular flexibility index (Phi) is 7.73. The molecule has 0 unspecified atom stereocenters. The second kappa shape index (κ2) is 10.2. The lowest BCUT2D eigenvalue weighted by atomic mass is 9.98. The van der Waals surface area contributed by atoms with Crippen molar-refractivity contribution in [3.63, 3.8) is 0 Å². The summed E-state index contributed by atoms with van der Waals surface area (Å²) in [6.07, 6.45) is 2.15. The Morgan fingerprint density at radius 1 is 1.06 bits per heavy atom. The maximum atomic E-state index is 13.3. The van der Waals surface area contributed by atoms with Crippen molar-refractivity contribution in [2.45, 2.75) is 59.3 Å². The van der Waals surface area contributed by atoms with Gasteiger partial charge >= 0.3 is 0 Å². The second-order valence-corrected chi connectivity index (χ2v) is 11.5. The highest BCUT2D eigenvalue weighted by molar-refractivity contribution is 7.92. The zero-order valence-corrected chi connectivity index (χ0v) is 21.5. The van der Waals surface area contributed by atoms with Gasteiger partial charge < -0.3 is 10.2 Å². The molecule has 7 heteroatoms. The standard InChI is InChI=1S/C26H37N3O3S/c1-17(2)16-27-26(30)23-15-22(7-8-24(23)29-11-9-18(3)10-12-29)28-33(31,32)25-20(5)13-19(4)14-21(25)6/h7-8,13-15,17-18,28H,9-12,16H2,1-6H3,(H,27,30). The van der Waals surface area contributed by atoms with E-state index in [1.807, 2.05) is 39.0 Å². The van der Waals surface area contributed by atoms with Gasteiger partial charge in [-0.05, 0) is 74.8 Å². The molecule has 2 aromatic rings. The molecular weight excluding hydrogens is 434 g/mol. The monoisotopic (exact) mass is 471 g/mol. The van der Waals surface area contributed by atoms with Crippen molar-refractivity contribution < 1.29 is 13.2 Å². The number of hydrogen-bond acceptors (Lipinski definition) is 4. The number of carbonyl (C=O) groups excluding carboxylic acids is 1. The Labute approximate surface area is 198 Å². The van der Waals surface area contributed by atoms with Gasteiger partial charge in [-0.2, -0.15) is 0 Å². The van der Waals surface area contributed by atoms with Crippen LogP contribution >= 0.6 is 0 Å². The van der Waals surface area contributed by atoms with Gasteiger partial charge in [0.1, 0.15) is 0 Å². The van der Waals surface area contributed by atoms with Crippen LogP contribution in [0.5, 0.6) is 0 Å². The first-order valence-electron chi connectivity index (χ1n) is 11.8. The van der Waals surface area contributed by atoms with Gasteiger partial charge in [0.15, 0.2) is 0 Å². The minimum atomic E-state index is -3.80. The van der Waals surface area contributed by atoms with Gasteiger partial charge in [0, 0.05) is 31.0 Å². The lowest BCUT2D eigenvalue weighted by Crippen LogP contribution is -2.35. The van der Waals surface area contributed by atoms with Gasteiger partial charge in [-0.3, -0.25) is 9.52 Å². The van der Waals surface area contributed by atoms with Gasteiger partial charge in [-0.1, -0.05) is 38.5 Å². The number of piperidine rings is 1. The van der Waals surface area contributed by atoms with E-state index in [0.717, 1.165) is 37.2 Å². The van der Waals surface area contributed by atoms with Crippen molar-refractivity contribution in [3.8, 4) is 0 Å². The van der Waals surface area contributed by atoms with Crippen LogP contribution in [0.3, 0.4) is 0 Å². The van der Waals surface area contributed by atoms with Crippen LogP contribution in [0.4, 0.5) is 11.4 Å². The minimum Gasteiger partial charge on any atom is -0.371 e. The number of amides is 1. The third-order valence-corrected chi connectivity index (χ3v) is 7.85. The third kappa shape index (κ3) is 6.08. The molecule has 33 heavy (non-hydrogen) atoms. The Morgan fingerprint density at radius 2 is 1.67 bits per heavy atom. The number of sulfonamides is 1. The molecule has 2 N–H and O–H groups in total. The fraction of sp³-hybridized carbons (Fsp3) is 0.500. The topological polar surface area (TPSA) is 78.5 Å². The zero-order valence-electron chi connectivity index (χ0n) is 20.7. The van der Waals surface area contributed by atoms with Gasteiger partial charge in [0.2, 0.25) is 0 Å². The first kappa shape index (κ1) is 25.1. The zero-order chi connectivity index (χ0) is 24.3. The average Bonchev–Trinajstić information content (AvgIpc) is 2.71. The molecule has 0 bridgehead atoms. The molecule has 1 aliphatic heterocycles. The van der Waals surface area contributed by atoms with Crippen LogP contribution in [0.1, 0.15) is 60.7 Å². The van der Waals surface area contributed by atoms with E-state index in [2.05, 4.69) is 21.9 Å². The molecule has 0 aliphatic carbocycles. The van der Waals surface area contributed by atoms with Crippen molar-refractivity contribution in [2.24, 2.45) is 11.8 Å². The predicted molar refractivity (Wildman–Crippen MR) is 136 cm³/mol. The van der Waals surface area contributed by atoms with E-state index in [0.29, 0.717) is 40.8 Å². The second-order valence-electron chi connectivity index (χ2n) is 9.84. The van der Waals surface area contributed by atoms with Gasteiger partial charge in [-0.15, -0.1) is 0 Å². The molecule has 1 aliphatic rings. The molecular formula is C26H37N3O3S. The maximum absolute atomic E-state index is 13.3. The summed E-state index contributed by atoms with van der Waals surface area (Å²) in [6, 6.07) is 9.02. The van der Waals surface area contributed by atoms with Crippen molar-refractivity contribution in [1.82, 2.24) is 5.32 Å². The molecule has 1 heterocycles. The molecule has 0 saturated carbocycles. The van der Waals surface area contributed by atoms with E-state index in [1.54, 1.807) is 26.0 Å². The van der Waals surface area contributed by atoms with Crippen LogP contribution in [-0.4, -0.2) is 34.0 Å². The largest absolute Gasteiger partial charge is 0.371 e. The maximum Gasteiger partial charge on any atom is 0.262 e. The quantitative estimate of drug-likeness (QED) is 0.593. The fourth-order valence-corrected chi connectivity index (χ4v) is 6.00. The SMILES string of the molecule is Cc1cc(C)c(S(=O)(=O)Nc2ccc(N3CCC(C)CC3)c(C(=O)NCC(C)C)c2)c(C)c1. The molecule has 1 amide bonds. The van der Waals surface area contributed by atoms with E-state index in [1.165, 1.54) is 0 Å². The van der Waals surface area contributed by atoms with E-state index < -0.39 is 10.0 Å². The lowest BCUT2D eigenvalue weighted by Gasteiger charge is -2.33. The van der Waals surface area contributed by atoms with Crippen LogP contribution in [-0.2, 0) is 10.0 Å². The molecule has 3 rings (SSSR count). The summed E-state index contributed by atoms with van der Waals surface area (Å²) in [4.78, 5) is 15.6. The molecule has 1 fully saturated rings. The van der Waals surface area contributed by atoms with E-state index in [-0.39, 0.29) is 10.8 Å². The van der Waals surface area contributed by atoms with Crippen LogP contribution in [0.2, 0.25) is 0 Å². The minimum absolute atomic E-state index is 0.180. The first-order valence-corrected chi connectivity index (χ1v) is 13.2. The summed E-state index contributed by atoms with van der Waals surface area (Å²) in [7, 11) is -3.80. The number of aryl methyl sites for hydroxylation is 3. The lowest BCUT2D eigenvalue weighted by molar-refractivity contribution is 0.0949. The Hall–Kier alpha value is -2.54. The summed E-state index contributed by atoms with van der Waals surface area (Å²) in [5.41, 5.74) is 4.17. The van der Waals surface area contributed by atoms with Crippen LogP contribution in [0, 0.1) is 32.6 Å². The van der Waals surface area contributed by atoms with Gasteiger partial charge in [0.05, 0.1) is 10.5 Å². The number of anilines is 2. The summed E-state index contributed by atoms with van der Waals surface area (Å²) in [5, 5.41) is 2.99. The molecule has 0 aromatic heterocycles. The fourth-order valence-electron chi connectivity index (χ4n) is 4.50. The number of rotatable bonds is 7. The summed E-state index contributed by atoms with van der Waals surface area (Å²) < 4.78 is 29.2. The van der Waals surface area contributed by atoms with Crippen molar-refractivity contribution in [3.05, 3.63) is 52.6 Å². The average molecular weight is 472 g/mol. The van der Waals surface area contributed by atoms with Crippen molar-refractivity contribution in [2.75, 3.05) is 29.3 Å². The predicted octanol–water partition coefficient (Wildman–Crippen LogP) is 5.03. The highest BCUT2D eigenvalue weighted by Crippen LogP contribution is 2.30. The third-order valence-electron chi connectivity index (χ3n) is 6.16. The molecule has 0 atom stereocenters. The van der Waals surface area contributed by atoms with E-state index in [4.69, 9.17) is 0 Å². The molecule has 0 spiro atoms. The molecule has 6 nitrogen and oxygen atoms in total. The number of nitrogens with zero attached hydrogens (tertiary/aromatic N) is 1. The Bertz CT molecular complexity index is 1090. The summed E-state index contributed by atoms with van der Waals surface area (Å²) in [5.74, 6) is 0.815. The number of hydrogen-bond donors (Lipinski definition) is 2. The van der Waals surface area contributed by atoms with Crippen LogP contribution in [0.25, 0.3) is 0 Å². The number of carbonyl (C=O) groups is 1. The summed E-state index contributed by atoms with van der Waals surface area (Å²) in [6.45, 7) is 14.2. The first-order chi connectivity index (χ1) is 15.5. The van der Waals surface area contributed by atoms with Gasteiger partial charge in [-0.25, -0.2) is 8.42 Å². The molecule has 0 radical (unpaired) electrons. The molecule has 2 aromatic carbocycles. The van der Waals surface area contributed by atoms with Crippen molar-refractivity contribution >= 4 is 27.3 Å². The summed E-state index contributed by atoms with van der Waals surface area (Å²) >= 11 is 0. The number of benzene rings is 2. The van der Waals surface area contributed by atoms with Crippen molar-refractivity contribution in [1.29, 1.82) is 0 Å². The van der Waals surface area contributed by atoms with Crippen LogP contribution in [0.15, 0.2) is 35.2 Å². The normalized spacial score (nSPS) is 15.1. The van der Waals surface area contributed by atoms with E-state index in [9.17, 15) is 13.2 Å². The van der Waals surface area contributed by atoms with E-state index >= 15 is 0 Å². The van der Waals surface area contributed by atoms with Crippen LogP contribution < -0.4 is 14.9 Å². The Balaban J connectivity index is 1.96. The molecule has 1 saturated heterocycles. The molecule has 180 valence electrons. The Morgan fingerprint density at radius 3 is 2.24 bits per heavy atom. The smallest absolute Gasteiger partial charge is 0.262 e. The highest BCUT2D eigenvalue weighted by Gasteiger charge is 2.24.